The number of allylic oxidation sites excluding steroid dienone is 2. The van der Waals surface area contributed by atoms with Crippen LogP contribution in [-0.2, 0) is 0 Å². The number of hydrogen-bond donors (Lipinski definition) is 0. The quantitative estimate of drug-likeness (QED) is 0.654. The molecule has 2 unspecified atom stereocenters. The van der Waals surface area contributed by atoms with E-state index in [0.29, 0.717) is 5.41 Å². The molecular weight excluding hydrogens is 266 g/mol. The average molecular weight is 302 g/mol. The molecule has 1 saturated heterocycles. The van der Waals surface area contributed by atoms with Crippen LogP contribution in [-0.4, -0.2) is 23.5 Å². The van der Waals surface area contributed by atoms with Gasteiger partial charge in [-0.1, -0.05) is 38.8 Å². The summed E-state index contributed by atoms with van der Waals surface area (Å²) >= 11 is 0. The topological polar surface area (TPSA) is 3.24 Å². The third-order valence-electron chi connectivity index (χ3n) is 7.64. The largest absolute Gasteiger partial charge is 0.298 e. The molecule has 2 saturated carbocycles. The van der Waals surface area contributed by atoms with E-state index >= 15 is 0 Å². The highest BCUT2D eigenvalue weighted by Crippen LogP contribution is 2.74. The van der Waals surface area contributed by atoms with E-state index in [9.17, 15) is 0 Å². The number of rotatable bonds is 3. The Morgan fingerprint density at radius 3 is 2.18 bits per heavy atom. The first-order valence-corrected chi connectivity index (χ1v) is 9.89. The molecule has 1 heteroatoms. The first-order valence-electron chi connectivity index (χ1n) is 9.89. The van der Waals surface area contributed by atoms with Crippen LogP contribution in [0.15, 0.2) is 11.1 Å². The summed E-state index contributed by atoms with van der Waals surface area (Å²) in [6.07, 6.45) is 5.94. The second kappa shape index (κ2) is 4.85. The number of likely N-dealkylation sites (tertiary alicyclic amines) is 1. The maximum atomic E-state index is 2.84. The van der Waals surface area contributed by atoms with Crippen LogP contribution >= 0.6 is 0 Å². The van der Waals surface area contributed by atoms with Crippen molar-refractivity contribution in [2.24, 2.45) is 35.0 Å². The van der Waals surface area contributed by atoms with Gasteiger partial charge in [0.1, 0.15) is 0 Å². The first kappa shape index (κ1) is 15.2. The van der Waals surface area contributed by atoms with Crippen molar-refractivity contribution >= 4 is 0 Å². The van der Waals surface area contributed by atoms with Crippen LogP contribution in [0.25, 0.3) is 0 Å². The molecule has 0 bridgehead atoms. The molecule has 0 amide bonds. The zero-order chi connectivity index (χ0) is 15.8. The lowest BCUT2D eigenvalue weighted by Gasteiger charge is -2.61. The van der Waals surface area contributed by atoms with Crippen LogP contribution < -0.4 is 0 Å². The molecule has 0 N–H and O–H groups in total. The Hall–Kier alpha value is -0.300. The molecule has 1 spiro atoms. The van der Waals surface area contributed by atoms with Crippen LogP contribution in [0.2, 0.25) is 0 Å². The molecule has 22 heavy (non-hydrogen) atoms. The van der Waals surface area contributed by atoms with Crippen molar-refractivity contribution in [1.82, 2.24) is 4.90 Å². The van der Waals surface area contributed by atoms with E-state index in [-0.39, 0.29) is 0 Å². The van der Waals surface area contributed by atoms with Gasteiger partial charge in [0.2, 0.25) is 0 Å². The third-order valence-corrected chi connectivity index (χ3v) is 7.64. The van der Waals surface area contributed by atoms with E-state index in [1.807, 2.05) is 11.1 Å². The molecule has 4 aliphatic rings. The summed E-state index contributed by atoms with van der Waals surface area (Å²) in [4.78, 5) is 2.84. The molecule has 0 radical (unpaired) electrons. The minimum Gasteiger partial charge on any atom is -0.298 e. The molecule has 124 valence electrons. The van der Waals surface area contributed by atoms with E-state index in [1.54, 1.807) is 0 Å². The van der Waals surface area contributed by atoms with Crippen molar-refractivity contribution in [1.29, 1.82) is 0 Å². The van der Waals surface area contributed by atoms with Gasteiger partial charge in [-0.3, -0.25) is 4.90 Å². The predicted octanol–water partition coefficient (Wildman–Crippen LogP) is 5.12. The average Bonchev–Trinajstić information content (AvgIpc) is 3.11. The molecule has 0 aromatic heterocycles. The monoisotopic (exact) mass is 301 g/mol. The SMILES string of the molecule is CC(C)C1=C(C(C)C)[C@@]2(CCN(C(C)C)[C@@H]3CC[C@@H]32)C2CC12. The van der Waals surface area contributed by atoms with E-state index in [4.69, 9.17) is 0 Å². The van der Waals surface area contributed by atoms with Gasteiger partial charge in [-0.05, 0) is 75.7 Å². The van der Waals surface area contributed by atoms with Crippen LogP contribution in [0.1, 0.15) is 67.2 Å². The summed E-state index contributed by atoms with van der Waals surface area (Å²) in [5.41, 5.74) is 4.47. The standard InChI is InChI=1S/C21H35N/c1-12(2)19-15-11-17(15)21(20(19)13(3)4)9-10-22(14(5)6)18-8-7-16(18)21/h12-18H,7-11H2,1-6H3/t15?,16-,17?,18+,21+/m0/s1. The van der Waals surface area contributed by atoms with Gasteiger partial charge in [0.15, 0.2) is 0 Å². The van der Waals surface area contributed by atoms with Crippen LogP contribution in [0.5, 0.6) is 0 Å². The Kier molecular flexibility index (Phi) is 3.36. The van der Waals surface area contributed by atoms with Crippen molar-refractivity contribution in [3.63, 3.8) is 0 Å². The maximum absolute atomic E-state index is 2.84. The second-order valence-electron chi connectivity index (χ2n) is 9.50. The molecule has 3 fully saturated rings. The van der Waals surface area contributed by atoms with Gasteiger partial charge in [0.25, 0.3) is 0 Å². The Bertz CT molecular complexity index is 500. The van der Waals surface area contributed by atoms with Crippen LogP contribution in [0.4, 0.5) is 0 Å². The van der Waals surface area contributed by atoms with Gasteiger partial charge in [-0.25, -0.2) is 0 Å². The summed E-state index contributed by atoms with van der Waals surface area (Å²) in [6.45, 7) is 16.0. The Balaban J connectivity index is 1.75. The Morgan fingerprint density at radius 1 is 0.955 bits per heavy atom. The van der Waals surface area contributed by atoms with Gasteiger partial charge in [-0.2, -0.15) is 0 Å². The number of hydrogen-bond acceptors (Lipinski definition) is 1. The highest BCUT2D eigenvalue weighted by atomic mass is 15.2. The molecular formula is C21H35N. The minimum atomic E-state index is 0.618. The first-order chi connectivity index (χ1) is 10.4. The fourth-order valence-electron chi connectivity index (χ4n) is 6.97. The molecule has 4 rings (SSSR count). The Morgan fingerprint density at radius 2 is 1.68 bits per heavy atom. The summed E-state index contributed by atoms with van der Waals surface area (Å²) < 4.78 is 0. The summed E-state index contributed by atoms with van der Waals surface area (Å²) in [5.74, 6) is 4.52. The zero-order valence-corrected chi connectivity index (χ0v) is 15.5. The van der Waals surface area contributed by atoms with E-state index in [2.05, 4.69) is 46.4 Å². The van der Waals surface area contributed by atoms with Crippen molar-refractivity contribution in [2.75, 3.05) is 6.54 Å². The molecule has 1 aliphatic heterocycles. The number of fused-ring (bicyclic) bond motifs is 4. The molecule has 5 atom stereocenters. The van der Waals surface area contributed by atoms with Crippen molar-refractivity contribution < 1.29 is 0 Å². The summed E-state index contributed by atoms with van der Waals surface area (Å²) in [5, 5.41) is 0. The summed E-state index contributed by atoms with van der Waals surface area (Å²) in [7, 11) is 0. The van der Waals surface area contributed by atoms with Crippen molar-refractivity contribution in [2.45, 2.75) is 79.3 Å². The van der Waals surface area contributed by atoms with Gasteiger partial charge < -0.3 is 0 Å². The van der Waals surface area contributed by atoms with Crippen LogP contribution in [0, 0.1) is 35.0 Å². The maximum Gasteiger partial charge on any atom is 0.0135 e. The van der Waals surface area contributed by atoms with E-state index < -0.39 is 0 Å². The van der Waals surface area contributed by atoms with E-state index in [1.165, 1.54) is 32.2 Å². The third kappa shape index (κ3) is 1.75. The predicted molar refractivity (Wildman–Crippen MR) is 93.7 cm³/mol. The highest BCUT2D eigenvalue weighted by molar-refractivity contribution is 5.43. The Labute approximate surface area is 137 Å². The molecule has 1 heterocycles. The smallest absolute Gasteiger partial charge is 0.0135 e. The van der Waals surface area contributed by atoms with Gasteiger partial charge in [-0.15, -0.1) is 0 Å². The molecule has 0 aromatic carbocycles. The fourth-order valence-corrected chi connectivity index (χ4v) is 6.97. The molecule has 0 aromatic rings. The highest BCUT2D eigenvalue weighted by Gasteiger charge is 2.68. The lowest BCUT2D eigenvalue weighted by atomic mass is 9.52. The second-order valence-corrected chi connectivity index (χ2v) is 9.50. The molecule has 1 nitrogen and oxygen atoms in total. The van der Waals surface area contributed by atoms with Gasteiger partial charge >= 0.3 is 0 Å². The molecule has 3 aliphatic carbocycles. The fraction of sp³-hybridized carbons (Fsp3) is 0.905. The van der Waals surface area contributed by atoms with Crippen molar-refractivity contribution in [3.8, 4) is 0 Å². The lowest BCUT2D eigenvalue weighted by molar-refractivity contribution is -0.0851. The van der Waals surface area contributed by atoms with Crippen LogP contribution in [0.3, 0.4) is 0 Å². The zero-order valence-electron chi connectivity index (χ0n) is 15.5. The number of piperidine rings is 1. The van der Waals surface area contributed by atoms with Gasteiger partial charge in [0, 0.05) is 17.5 Å². The lowest BCUT2D eigenvalue weighted by Crippen LogP contribution is -2.62. The summed E-state index contributed by atoms with van der Waals surface area (Å²) in [6, 6.07) is 1.63. The van der Waals surface area contributed by atoms with Gasteiger partial charge in [0.05, 0.1) is 0 Å². The normalized spacial score (nSPS) is 44.0. The van der Waals surface area contributed by atoms with Crippen molar-refractivity contribution in [3.05, 3.63) is 11.1 Å². The number of nitrogens with zero attached hydrogens (tertiary/aromatic N) is 1. The van der Waals surface area contributed by atoms with E-state index in [0.717, 1.165) is 41.7 Å². The minimum absolute atomic E-state index is 0.618.